The topological polar surface area (TPSA) is 59.8 Å². The van der Waals surface area contributed by atoms with Gasteiger partial charge in [-0.1, -0.05) is 12.1 Å². The van der Waals surface area contributed by atoms with Crippen molar-refractivity contribution in [1.82, 2.24) is 20.1 Å². The quantitative estimate of drug-likeness (QED) is 0.903. The molecule has 1 N–H and O–H groups in total. The van der Waals surface area contributed by atoms with Crippen molar-refractivity contribution in [2.24, 2.45) is 0 Å². The van der Waals surface area contributed by atoms with Gasteiger partial charge in [0.25, 0.3) is 12.3 Å². The highest BCUT2D eigenvalue weighted by Crippen LogP contribution is 2.41. The lowest BCUT2D eigenvalue weighted by atomic mass is 9.75. The number of carbonyl (C=O) groups excluding carboxylic acids is 1. The smallest absolute Gasteiger partial charge is 0.266 e. The van der Waals surface area contributed by atoms with Crippen LogP contribution in [-0.2, 0) is 18.5 Å². The Morgan fingerprint density at radius 3 is 2.69 bits per heavy atom. The molecule has 8 heteroatoms. The fraction of sp³-hybridized carbons (Fsp3) is 0.500. The molecule has 1 amide bonds. The van der Waals surface area contributed by atoms with Gasteiger partial charge in [0.05, 0.1) is 11.1 Å². The number of rotatable bonds is 4. The lowest BCUT2D eigenvalue weighted by molar-refractivity contribution is 0.0795. The molecule has 1 fully saturated rings. The van der Waals surface area contributed by atoms with E-state index in [2.05, 4.69) is 15.5 Å². The van der Waals surface area contributed by atoms with E-state index < -0.39 is 29.3 Å². The molecule has 5 nitrogen and oxygen atoms in total. The average molecular weight is 364 g/mol. The van der Waals surface area contributed by atoms with Crippen LogP contribution in [0.3, 0.4) is 0 Å². The predicted octanol–water partition coefficient (Wildman–Crippen LogP) is 3.50. The third kappa shape index (κ3) is 2.68. The van der Waals surface area contributed by atoms with E-state index in [4.69, 9.17) is 0 Å². The summed E-state index contributed by atoms with van der Waals surface area (Å²) in [5.74, 6) is -0.273. The Hall–Kier alpha value is -2.38. The first-order valence-corrected chi connectivity index (χ1v) is 8.83. The number of nitrogens with zero attached hydrogens (tertiary/aromatic N) is 3. The fourth-order valence-electron chi connectivity index (χ4n) is 3.78. The predicted molar refractivity (Wildman–Crippen MR) is 87.3 cm³/mol. The first-order valence-electron chi connectivity index (χ1n) is 8.83. The van der Waals surface area contributed by atoms with Gasteiger partial charge in [-0.2, -0.15) is 0 Å². The molecule has 4 rings (SSSR count). The summed E-state index contributed by atoms with van der Waals surface area (Å²) in [5.41, 5.74) is -1.83. The number of carbonyl (C=O) groups is 1. The molecule has 138 valence electrons. The molecule has 2 heterocycles. The lowest BCUT2D eigenvalue weighted by Crippen LogP contribution is -2.52. The largest absolute Gasteiger partial charge is 0.339 e. The first kappa shape index (κ1) is 17.1. The Morgan fingerprint density at radius 2 is 2.00 bits per heavy atom. The molecule has 1 aromatic carbocycles. The van der Waals surface area contributed by atoms with Crippen molar-refractivity contribution in [1.29, 1.82) is 0 Å². The molecule has 26 heavy (non-hydrogen) atoms. The number of nitrogens with one attached hydrogen (secondary N) is 1. The zero-order valence-electron chi connectivity index (χ0n) is 14.1. The molecule has 1 aliphatic heterocycles. The fourth-order valence-corrected chi connectivity index (χ4v) is 3.78. The number of alkyl halides is 2. The van der Waals surface area contributed by atoms with Gasteiger partial charge in [-0.25, -0.2) is 13.2 Å². The summed E-state index contributed by atoms with van der Waals surface area (Å²) in [6, 6.07) is 3.48. The van der Waals surface area contributed by atoms with Gasteiger partial charge in [-0.3, -0.25) is 4.79 Å². The van der Waals surface area contributed by atoms with Gasteiger partial charge >= 0.3 is 0 Å². The van der Waals surface area contributed by atoms with Crippen molar-refractivity contribution < 1.29 is 18.0 Å². The Balaban J connectivity index is 1.64. The van der Waals surface area contributed by atoms with Crippen molar-refractivity contribution in [2.45, 2.75) is 57.0 Å². The minimum Gasteiger partial charge on any atom is -0.339 e. The SMILES string of the molecule is O=C(NC1(c2nnc3n2CCCC3)CCC1)c1cccc(C(F)F)c1F. The zero-order valence-corrected chi connectivity index (χ0v) is 14.1. The molecule has 2 aliphatic rings. The summed E-state index contributed by atoms with van der Waals surface area (Å²) >= 11 is 0. The Kier molecular flexibility index (Phi) is 4.20. The Labute approximate surface area is 148 Å². The number of hydrogen-bond donors (Lipinski definition) is 1. The molecule has 0 spiro atoms. The summed E-state index contributed by atoms with van der Waals surface area (Å²) in [6.07, 6.45) is 2.21. The van der Waals surface area contributed by atoms with Crippen LogP contribution in [0.25, 0.3) is 0 Å². The van der Waals surface area contributed by atoms with Crippen LogP contribution >= 0.6 is 0 Å². The number of fused-ring (bicyclic) bond motifs is 1. The van der Waals surface area contributed by atoms with Gasteiger partial charge in [0, 0.05) is 13.0 Å². The van der Waals surface area contributed by atoms with Crippen molar-refractivity contribution in [3.63, 3.8) is 0 Å². The number of hydrogen-bond acceptors (Lipinski definition) is 3. The van der Waals surface area contributed by atoms with E-state index in [1.807, 2.05) is 4.57 Å². The van der Waals surface area contributed by atoms with Gasteiger partial charge in [0.15, 0.2) is 5.82 Å². The Morgan fingerprint density at radius 1 is 1.19 bits per heavy atom. The molecular formula is C18H19F3N4O. The van der Waals surface area contributed by atoms with Crippen molar-refractivity contribution >= 4 is 5.91 Å². The first-order chi connectivity index (χ1) is 12.5. The van der Waals surface area contributed by atoms with Crippen LogP contribution in [-0.4, -0.2) is 20.7 Å². The highest BCUT2D eigenvalue weighted by atomic mass is 19.3. The number of aromatic nitrogens is 3. The second-order valence-electron chi connectivity index (χ2n) is 6.95. The van der Waals surface area contributed by atoms with Crippen LogP contribution in [0.15, 0.2) is 18.2 Å². The second kappa shape index (κ2) is 6.41. The lowest BCUT2D eigenvalue weighted by Gasteiger charge is -2.42. The van der Waals surface area contributed by atoms with Crippen molar-refractivity contribution in [3.05, 3.63) is 46.8 Å². The second-order valence-corrected chi connectivity index (χ2v) is 6.95. The maximum Gasteiger partial charge on any atom is 0.266 e. The third-order valence-corrected chi connectivity index (χ3v) is 5.36. The summed E-state index contributed by atoms with van der Waals surface area (Å²) in [5, 5.41) is 11.4. The van der Waals surface area contributed by atoms with Gasteiger partial charge in [-0.15, -0.1) is 10.2 Å². The maximum atomic E-state index is 14.3. The third-order valence-electron chi connectivity index (χ3n) is 5.36. The Bertz CT molecular complexity index is 845. The molecule has 0 bridgehead atoms. The van der Waals surface area contributed by atoms with Gasteiger partial charge in [0.1, 0.15) is 17.2 Å². The molecule has 0 atom stereocenters. The van der Waals surface area contributed by atoms with E-state index in [1.165, 1.54) is 12.1 Å². The molecule has 1 saturated carbocycles. The van der Waals surface area contributed by atoms with E-state index in [1.54, 1.807) is 0 Å². The van der Waals surface area contributed by atoms with Crippen LogP contribution in [0.2, 0.25) is 0 Å². The van der Waals surface area contributed by atoms with E-state index in [-0.39, 0.29) is 5.56 Å². The van der Waals surface area contributed by atoms with Gasteiger partial charge in [-0.05, 0) is 38.2 Å². The normalized spacial score (nSPS) is 18.3. The monoisotopic (exact) mass is 364 g/mol. The van der Waals surface area contributed by atoms with Crippen molar-refractivity contribution in [3.8, 4) is 0 Å². The summed E-state index contributed by atoms with van der Waals surface area (Å²) in [7, 11) is 0. The minimum absolute atomic E-state index is 0.368. The van der Waals surface area contributed by atoms with Gasteiger partial charge in [0.2, 0.25) is 0 Å². The molecule has 1 aliphatic carbocycles. The van der Waals surface area contributed by atoms with Crippen molar-refractivity contribution in [2.75, 3.05) is 0 Å². The average Bonchev–Trinajstić information content (AvgIpc) is 3.02. The molecule has 1 aromatic heterocycles. The number of aryl methyl sites for hydroxylation is 1. The number of benzene rings is 1. The maximum absolute atomic E-state index is 14.3. The summed E-state index contributed by atoms with van der Waals surface area (Å²) in [6.45, 7) is 0.796. The van der Waals surface area contributed by atoms with Crippen LogP contribution in [0.5, 0.6) is 0 Å². The number of halogens is 3. The number of amides is 1. The highest BCUT2D eigenvalue weighted by molar-refractivity contribution is 5.95. The summed E-state index contributed by atoms with van der Waals surface area (Å²) in [4.78, 5) is 12.7. The van der Waals surface area contributed by atoms with Gasteiger partial charge < -0.3 is 9.88 Å². The molecule has 2 aromatic rings. The van der Waals surface area contributed by atoms with E-state index >= 15 is 0 Å². The minimum atomic E-state index is -2.97. The summed E-state index contributed by atoms with van der Waals surface area (Å²) < 4.78 is 42.2. The van der Waals surface area contributed by atoms with E-state index in [0.717, 1.165) is 44.1 Å². The van der Waals surface area contributed by atoms with E-state index in [0.29, 0.717) is 18.7 Å². The standard InChI is InChI=1S/C18H19F3N4O/c19-14-11(15(20)21)5-3-6-12(14)16(26)22-18(8-4-9-18)17-24-23-13-7-1-2-10-25(13)17/h3,5-6,15H,1-2,4,7-10H2,(H,22,26). The van der Waals surface area contributed by atoms with Crippen LogP contribution in [0.4, 0.5) is 13.2 Å². The zero-order chi connectivity index (χ0) is 18.3. The molecule has 0 unspecified atom stereocenters. The van der Waals surface area contributed by atoms with Crippen LogP contribution < -0.4 is 5.32 Å². The molecule has 0 saturated heterocycles. The highest BCUT2D eigenvalue weighted by Gasteiger charge is 2.45. The van der Waals surface area contributed by atoms with Crippen LogP contribution in [0.1, 0.15) is 66.1 Å². The van der Waals surface area contributed by atoms with Crippen LogP contribution in [0, 0.1) is 5.82 Å². The molecular weight excluding hydrogens is 345 g/mol. The molecule has 0 radical (unpaired) electrons. The van der Waals surface area contributed by atoms with E-state index in [9.17, 15) is 18.0 Å².